The molecule has 5 heteroatoms. The summed E-state index contributed by atoms with van der Waals surface area (Å²) in [5.41, 5.74) is 1.53. The van der Waals surface area contributed by atoms with Crippen LogP contribution in [-0.2, 0) is 13.1 Å². The van der Waals surface area contributed by atoms with Gasteiger partial charge in [0.1, 0.15) is 0 Å². The molecule has 1 aliphatic rings. The first kappa shape index (κ1) is 12.5. The molecule has 0 unspecified atom stereocenters. The van der Waals surface area contributed by atoms with Gasteiger partial charge in [-0.3, -0.25) is 0 Å². The number of hydrogen-bond acceptors (Lipinski definition) is 4. The minimum atomic E-state index is 0.107. The first-order valence-electron chi connectivity index (χ1n) is 6.48. The standard InChI is InChI=1S/C12H22N4O/c1-2-3-12(4-5-12)10-13-8-11-9-16(6-7-17)15-14-11/h9,13,17H,2-8,10H2,1H3. The zero-order valence-corrected chi connectivity index (χ0v) is 10.5. The second kappa shape index (κ2) is 5.60. The molecule has 1 aromatic rings. The third-order valence-electron chi connectivity index (χ3n) is 3.46. The summed E-state index contributed by atoms with van der Waals surface area (Å²) >= 11 is 0. The van der Waals surface area contributed by atoms with Gasteiger partial charge >= 0.3 is 0 Å². The van der Waals surface area contributed by atoms with Crippen LogP contribution in [0.2, 0.25) is 0 Å². The van der Waals surface area contributed by atoms with E-state index in [1.54, 1.807) is 4.68 Å². The zero-order chi connectivity index (χ0) is 12.1. The number of rotatable bonds is 8. The maximum Gasteiger partial charge on any atom is 0.0964 e. The highest BCUT2D eigenvalue weighted by molar-refractivity contribution is 4.96. The van der Waals surface area contributed by atoms with Crippen molar-refractivity contribution in [1.29, 1.82) is 0 Å². The van der Waals surface area contributed by atoms with Crippen LogP contribution in [0.5, 0.6) is 0 Å². The molecule has 1 aromatic heterocycles. The summed E-state index contributed by atoms with van der Waals surface area (Å²) in [5, 5.41) is 20.2. The van der Waals surface area contributed by atoms with Crippen molar-refractivity contribution in [3.63, 3.8) is 0 Å². The molecule has 1 heterocycles. The molecule has 1 fully saturated rings. The summed E-state index contributed by atoms with van der Waals surface area (Å²) in [7, 11) is 0. The molecule has 0 radical (unpaired) electrons. The van der Waals surface area contributed by atoms with Crippen molar-refractivity contribution in [3.05, 3.63) is 11.9 Å². The Labute approximate surface area is 102 Å². The molecule has 0 spiro atoms. The Kier molecular flexibility index (Phi) is 4.12. The maximum atomic E-state index is 8.77. The normalized spacial score (nSPS) is 17.3. The lowest BCUT2D eigenvalue weighted by Crippen LogP contribution is -2.23. The van der Waals surface area contributed by atoms with E-state index in [-0.39, 0.29) is 6.61 Å². The van der Waals surface area contributed by atoms with Crippen LogP contribution in [0.1, 0.15) is 38.3 Å². The Bertz CT molecular complexity index is 346. The first-order valence-corrected chi connectivity index (χ1v) is 6.48. The van der Waals surface area contributed by atoms with Crippen LogP contribution in [-0.4, -0.2) is 33.3 Å². The van der Waals surface area contributed by atoms with Crippen molar-refractivity contribution in [3.8, 4) is 0 Å². The fourth-order valence-corrected chi connectivity index (χ4v) is 2.31. The molecule has 2 rings (SSSR count). The topological polar surface area (TPSA) is 63.0 Å². The fraction of sp³-hybridized carbons (Fsp3) is 0.833. The molecular weight excluding hydrogens is 216 g/mol. The van der Waals surface area contributed by atoms with Crippen molar-refractivity contribution >= 4 is 0 Å². The SMILES string of the molecule is CCCC1(CNCc2cn(CCO)nn2)CC1. The summed E-state index contributed by atoms with van der Waals surface area (Å²) in [5.74, 6) is 0. The highest BCUT2D eigenvalue weighted by Crippen LogP contribution is 2.48. The predicted molar refractivity (Wildman–Crippen MR) is 65.4 cm³/mol. The summed E-state index contributed by atoms with van der Waals surface area (Å²) in [6.07, 6.45) is 7.23. The lowest BCUT2D eigenvalue weighted by atomic mass is 10.0. The van der Waals surface area contributed by atoms with Gasteiger partial charge in [0, 0.05) is 19.3 Å². The van der Waals surface area contributed by atoms with Crippen LogP contribution in [0, 0.1) is 5.41 Å². The summed E-state index contributed by atoms with van der Waals surface area (Å²) in [4.78, 5) is 0. The predicted octanol–water partition coefficient (Wildman–Crippen LogP) is 0.940. The second-order valence-corrected chi connectivity index (χ2v) is 5.05. The third kappa shape index (κ3) is 3.51. The van der Waals surface area contributed by atoms with Gasteiger partial charge in [0.2, 0.25) is 0 Å². The Hall–Kier alpha value is -0.940. The average Bonchev–Trinajstić information content (AvgIpc) is 2.92. The Morgan fingerprint density at radius 3 is 3.00 bits per heavy atom. The molecule has 1 aliphatic carbocycles. The molecule has 0 aromatic carbocycles. The van der Waals surface area contributed by atoms with Crippen LogP contribution < -0.4 is 5.32 Å². The average molecular weight is 238 g/mol. The summed E-state index contributed by atoms with van der Waals surface area (Å²) in [6.45, 7) is 4.74. The molecular formula is C12H22N4O. The Morgan fingerprint density at radius 2 is 2.35 bits per heavy atom. The largest absolute Gasteiger partial charge is 0.394 e. The van der Waals surface area contributed by atoms with Gasteiger partial charge in [-0.25, -0.2) is 4.68 Å². The van der Waals surface area contributed by atoms with Gasteiger partial charge in [0.15, 0.2) is 0 Å². The highest BCUT2D eigenvalue weighted by Gasteiger charge is 2.40. The Balaban J connectivity index is 1.70. The minimum absolute atomic E-state index is 0.107. The number of aliphatic hydroxyl groups excluding tert-OH is 1. The van der Waals surface area contributed by atoms with E-state index in [9.17, 15) is 0 Å². The fourth-order valence-electron chi connectivity index (χ4n) is 2.31. The Morgan fingerprint density at radius 1 is 1.53 bits per heavy atom. The van der Waals surface area contributed by atoms with Gasteiger partial charge in [0.05, 0.1) is 18.8 Å². The van der Waals surface area contributed by atoms with Crippen LogP contribution in [0.3, 0.4) is 0 Å². The van der Waals surface area contributed by atoms with Gasteiger partial charge in [-0.05, 0) is 24.7 Å². The number of aliphatic hydroxyl groups is 1. The van der Waals surface area contributed by atoms with Crippen molar-refractivity contribution in [2.75, 3.05) is 13.2 Å². The lowest BCUT2D eigenvalue weighted by Gasteiger charge is -2.13. The smallest absolute Gasteiger partial charge is 0.0964 e. The van der Waals surface area contributed by atoms with Gasteiger partial charge in [-0.1, -0.05) is 18.6 Å². The second-order valence-electron chi connectivity index (χ2n) is 5.05. The van der Waals surface area contributed by atoms with E-state index in [1.165, 1.54) is 25.7 Å². The summed E-state index contributed by atoms with van der Waals surface area (Å²) in [6, 6.07) is 0. The van der Waals surface area contributed by atoms with Crippen molar-refractivity contribution in [1.82, 2.24) is 20.3 Å². The highest BCUT2D eigenvalue weighted by atomic mass is 16.3. The molecule has 0 bridgehead atoms. The molecule has 96 valence electrons. The molecule has 0 amide bonds. The summed E-state index contributed by atoms with van der Waals surface area (Å²) < 4.78 is 1.68. The van der Waals surface area contributed by atoms with Crippen molar-refractivity contribution < 1.29 is 5.11 Å². The van der Waals surface area contributed by atoms with Crippen LogP contribution in [0.25, 0.3) is 0 Å². The van der Waals surface area contributed by atoms with E-state index < -0.39 is 0 Å². The number of nitrogens with one attached hydrogen (secondary N) is 1. The number of hydrogen-bond donors (Lipinski definition) is 2. The van der Waals surface area contributed by atoms with Crippen molar-refractivity contribution in [2.45, 2.75) is 45.7 Å². The van der Waals surface area contributed by atoms with Crippen molar-refractivity contribution in [2.24, 2.45) is 5.41 Å². The third-order valence-corrected chi connectivity index (χ3v) is 3.46. The lowest BCUT2D eigenvalue weighted by molar-refractivity contribution is 0.268. The van der Waals surface area contributed by atoms with Gasteiger partial charge in [0.25, 0.3) is 0 Å². The molecule has 5 nitrogen and oxygen atoms in total. The minimum Gasteiger partial charge on any atom is -0.394 e. The van der Waals surface area contributed by atoms with Gasteiger partial charge in [-0.15, -0.1) is 5.10 Å². The first-order chi connectivity index (χ1) is 8.28. The van der Waals surface area contributed by atoms with E-state index in [0.29, 0.717) is 12.0 Å². The molecule has 2 N–H and O–H groups in total. The molecule has 0 saturated heterocycles. The maximum absolute atomic E-state index is 8.77. The molecule has 0 aliphatic heterocycles. The van der Waals surface area contributed by atoms with Gasteiger partial charge in [-0.2, -0.15) is 0 Å². The van der Waals surface area contributed by atoms with Crippen LogP contribution in [0.15, 0.2) is 6.20 Å². The monoisotopic (exact) mass is 238 g/mol. The molecule has 17 heavy (non-hydrogen) atoms. The van der Waals surface area contributed by atoms with E-state index >= 15 is 0 Å². The van der Waals surface area contributed by atoms with Gasteiger partial charge < -0.3 is 10.4 Å². The van der Waals surface area contributed by atoms with Crippen LogP contribution in [0.4, 0.5) is 0 Å². The molecule has 1 saturated carbocycles. The quantitative estimate of drug-likeness (QED) is 0.707. The van der Waals surface area contributed by atoms with E-state index in [2.05, 4.69) is 22.6 Å². The number of aromatic nitrogens is 3. The molecule has 0 atom stereocenters. The zero-order valence-electron chi connectivity index (χ0n) is 10.5. The van der Waals surface area contributed by atoms with Crippen LogP contribution >= 0.6 is 0 Å². The number of nitrogens with zero attached hydrogens (tertiary/aromatic N) is 3. The van der Waals surface area contributed by atoms with E-state index in [1.807, 2.05) is 6.20 Å². The van der Waals surface area contributed by atoms with E-state index in [4.69, 9.17) is 5.11 Å². The van der Waals surface area contributed by atoms with E-state index in [0.717, 1.165) is 18.8 Å².